The molecule has 6 heteroatoms. The lowest BCUT2D eigenvalue weighted by molar-refractivity contribution is -0.128. The third-order valence-electron chi connectivity index (χ3n) is 2.31. The van der Waals surface area contributed by atoms with Gasteiger partial charge >= 0.3 is 0 Å². The van der Waals surface area contributed by atoms with Crippen LogP contribution in [-0.2, 0) is 16.0 Å². The van der Waals surface area contributed by atoms with E-state index in [-0.39, 0.29) is 11.8 Å². The van der Waals surface area contributed by atoms with Crippen LogP contribution in [0.5, 0.6) is 0 Å². The van der Waals surface area contributed by atoms with Crippen LogP contribution in [0.3, 0.4) is 0 Å². The molecule has 1 aromatic heterocycles. The molecular weight excluding hydrogens is 220 g/mol. The smallest absolute Gasteiger partial charge is 0.242 e. The van der Waals surface area contributed by atoms with Crippen molar-refractivity contribution in [3.63, 3.8) is 0 Å². The molecule has 2 amide bonds. The lowest BCUT2D eigenvalue weighted by Crippen LogP contribution is -2.45. The summed E-state index contributed by atoms with van der Waals surface area (Å²) in [4.78, 5) is 29.6. The van der Waals surface area contributed by atoms with E-state index in [1.807, 2.05) is 0 Å². The zero-order valence-corrected chi connectivity index (χ0v) is 10.1. The molecule has 0 fully saturated rings. The fraction of sp³-hybridized carbons (Fsp3) is 0.545. The highest BCUT2D eigenvalue weighted by Crippen LogP contribution is 1.89. The van der Waals surface area contributed by atoms with Crippen molar-refractivity contribution in [1.82, 2.24) is 20.6 Å². The normalized spacial score (nSPS) is 11.9. The quantitative estimate of drug-likeness (QED) is 0.651. The Labute approximate surface area is 100 Å². The van der Waals surface area contributed by atoms with Crippen LogP contribution < -0.4 is 10.6 Å². The summed E-state index contributed by atoms with van der Waals surface area (Å²) in [5.41, 5.74) is 0. The minimum Gasteiger partial charge on any atom is -0.354 e. The maximum atomic E-state index is 11.6. The van der Waals surface area contributed by atoms with Crippen LogP contribution in [0, 0.1) is 0 Å². The van der Waals surface area contributed by atoms with Crippen molar-refractivity contribution in [3.05, 3.63) is 18.2 Å². The van der Waals surface area contributed by atoms with Crippen LogP contribution in [0.4, 0.5) is 0 Å². The van der Waals surface area contributed by atoms with Gasteiger partial charge in [0, 0.05) is 31.8 Å². The van der Waals surface area contributed by atoms with E-state index in [1.54, 1.807) is 26.2 Å². The number of aromatic nitrogens is 2. The Morgan fingerprint density at radius 1 is 1.53 bits per heavy atom. The number of carbonyl (C=O) groups excluding carboxylic acids is 2. The summed E-state index contributed by atoms with van der Waals surface area (Å²) in [7, 11) is 0. The van der Waals surface area contributed by atoms with Gasteiger partial charge in [-0.1, -0.05) is 6.92 Å². The van der Waals surface area contributed by atoms with Crippen LogP contribution in [0.25, 0.3) is 0 Å². The Bertz CT molecular complexity index is 362. The molecule has 1 atom stereocenters. The summed E-state index contributed by atoms with van der Waals surface area (Å²) < 4.78 is 0. The summed E-state index contributed by atoms with van der Waals surface area (Å²) in [5, 5.41) is 5.34. The first-order valence-corrected chi connectivity index (χ1v) is 5.68. The average Bonchev–Trinajstić information content (AvgIpc) is 2.81. The molecule has 0 bridgehead atoms. The lowest BCUT2D eigenvalue weighted by Gasteiger charge is -2.13. The standard InChI is InChI=1S/C11H18N4O2/c1-3-10(16)15-8(2)11(17)14-5-4-9-12-6-7-13-9/h6-8H,3-5H2,1-2H3,(H,12,13)(H,14,17)(H,15,16)/t8-/m0/s1. The van der Waals surface area contributed by atoms with E-state index >= 15 is 0 Å². The van der Waals surface area contributed by atoms with Gasteiger partial charge in [0.25, 0.3) is 0 Å². The topological polar surface area (TPSA) is 86.9 Å². The van der Waals surface area contributed by atoms with E-state index < -0.39 is 6.04 Å². The van der Waals surface area contributed by atoms with Gasteiger partial charge in [0.2, 0.25) is 11.8 Å². The highest BCUT2D eigenvalue weighted by Gasteiger charge is 2.13. The van der Waals surface area contributed by atoms with Crippen molar-refractivity contribution in [3.8, 4) is 0 Å². The molecule has 17 heavy (non-hydrogen) atoms. The van der Waals surface area contributed by atoms with Gasteiger partial charge in [-0.2, -0.15) is 0 Å². The van der Waals surface area contributed by atoms with Crippen LogP contribution in [0.1, 0.15) is 26.1 Å². The monoisotopic (exact) mass is 238 g/mol. The maximum Gasteiger partial charge on any atom is 0.242 e. The first-order valence-electron chi connectivity index (χ1n) is 5.68. The second kappa shape index (κ2) is 6.67. The van der Waals surface area contributed by atoms with Gasteiger partial charge in [0.15, 0.2) is 0 Å². The number of aromatic amines is 1. The Hall–Kier alpha value is -1.85. The fourth-order valence-electron chi connectivity index (χ4n) is 1.30. The molecule has 0 aliphatic heterocycles. The number of imidazole rings is 1. The van der Waals surface area contributed by atoms with Crippen molar-refractivity contribution in [2.75, 3.05) is 6.54 Å². The molecule has 0 radical (unpaired) electrons. The Balaban J connectivity index is 2.22. The van der Waals surface area contributed by atoms with Gasteiger partial charge in [0.05, 0.1) is 0 Å². The van der Waals surface area contributed by atoms with Crippen molar-refractivity contribution in [2.24, 2.45) is 0 Å². The molecule has 0 aliphatic rings. The maximum absolute atomic E-state index is 11.6. The van der Waals surface area contributed by atoms with E-state index in [0.717, 1.165) is 5.82 Å². The molecule has 0 aromatic carbocycles. The molecule has 0 saturated carbocycles. The Kier molecular flexibility index (Phi) is 5.19. The average molecular weight is 238 g/mol. The molecule has 0 saturated heterocycles. The molecule has 6 nitrogen and oxygen atoms in total. The van der Waals surface area contributed by atoms with E-state index in [4.69, 9.17) is 0 Å². The molecule has 3 N–H and O–H groups in total. The van der Waals surface area contributed by atoms with E-state index in [9.17, 15) is 9.59 Å². The summed E-state index contributed by atoms with van der Waals surface area (Å²) in [6.45, 7) is 3.91. The third kappa shape index (κ3) is 4.67. The molecular formula is C11H18N4O2. The van der Waals surface area contributed by atoms with Crippen LogP contribution in [-0.4, -0.2) is 34.4 Å². The van der Waals surface area contributed by atoms with E-state index in [1.165, 1.54) is 0 Å². The second-order valence-corrected chi connectivity index (χ2v) is 3.72. The van der Waals surface area contributed by atoms with Crippen molar-refractivity contribution < 1.29 is 9.59 Å². The number of amides is 2. The van der Waals surface area contributed by atoms with Crippen LogP contribution in [0.2, 0.25) is 0 Å². The molecule has 0 aliphatic carbocycles. The van der Waals surface area contributed by atoms with Crippen molar-refractivity contribution in [2.45, 2.75) is 32.7 Å². The highest BCUT2D eigenvalue weighted by molar-refractivity contribution is 5.87. The number of rotatable bonds is 6. The minimum absolute atomic E-state index is 0.126. The molecule has 1 heterocycles. The predicted molar refractivity (Wildman–Crippen MR) is 63.2 cm³/mol. The third-order valence-corrected chi connectivity index (χ3v) is 2.31. The molecule has 0 spiro atoms. The first kappa shape index (κ1) is 13.2. The van der Waals surface area contributed by atoms with Gasteiger partial charge in [-0.15, -0.1) is 0 Å². The number of hydrogen-bond donors (Lipinski definition) is 3. The minimum atomic E-state index is -0.501. The van der Waals surface area contributed by atoms with Crippen molar-refractivity contribution >= 4 is 11.8 Å². The molecule has 0 unspecified atom stereocenters. The lowest BCUT2D eigenvalue weighted by atomic mass is 10.3. The largest absolute Gasteiger partial charge is 0.354 e. The second-order valence-electron chi connectivity index (χ2n) is 3.72. The molecule has 1 aromatic rings. The molecule has 1 rings (SSSR count). The molecule has 94 valence electrons. The van der Waals surface area contributed by atoms with Crippen LogP contribution in [0.15, 0.2) is 12.4 Å². The number of H-pyrrole nitrogens is 1. The van der Waals surface area contributed by atoms with Gasteiger partial charge in [-0.25, -0.2) is 4.98 Å². The van der Waals surface area contributed by atoms with Gasteiger partial charge in [0.1, 0.15) is 11.9 Å². The Morgan fingerprint density at radius 3 is 2.88 bits per heavy atom. The van der Waals surface area contributed by atoms with Gasteiger partial charge in [-0.05, 0) is 6.92 Å². The zero-order chi connectivity index (χ0) is 12.7. The fourth-order valence-corrected chi connectivity index (χ4v) is 1.30. The predicted octanol–water partition coefficient (Wildman–Crippen LogP) is -0.0169. The van der Waals surface area contributed by atoms with Crippen molar-refractivity contribution in [1.29, 1.82) is 0 Å². The first-order chi connectivity index (χ1) is 8.13. The zero-order valence-electron chi connectivity index (χ0n) is 10.1. The summed E-state index contributed by atoms with van der Waals surface area (Å²) in [5.74, 6) is 0.521. The number of hydrogen-bond acceptors (Lipinski definition) is 3. The van der Waals surface area contributed by atoms with E-state index in [0.29, 0.717) is 19.4 Å². The number of nitrogens with one attached hydrogen (secondary N) is 3. The van der Waals surface area contributed by atoms with Crippen LogP contribution >= 0.6 is 0 Å². The summed E-state index contributed by atoms with van der Waals surface area (Å²) in [6, 6.07) is -0.501. The summed E-state index contributed by atoms with van der Waals surface area (Å²) in [6.07, 6.45) is 4.43. The SMILES string of the molecule is CCC(=O)N[C@@H](C)C(=O)NCCc1ncc[nH]1. The highest BCUT2D eigenvalue weighted by atomic mass is 16.2. The van der Waals surface area contributed by atoms with E-state index in [2.05, 4.69) is 20.6 Å². The Morgan fingerprint density at radius 2 is 2.29 bits per heavy atom. The van der Waals surface area contributed by atoms with Gasteiger partial charge in [-0.3, -0.25) is 9.59 Å². The van der Waals surface area contributed by atoms with Gasteiger partial charge < -0.3 is 15.6 Å². The number of carbonyl (C=O) groups is 2. The number of nitrogens with zero attached hydrogens (tertiary/aromatic N) is 1. The summed E-state index contributed by atoms with van der Waals surface area (Å²) >= 11 is 0.